The van der Waals surface area contributed by atoms with E-state index in [0.717, 1.165) is 16.5 Å². The van der Waals surface area contributed by atoms with Crippen molar-refractivity contribution in [3.8, 4) is 0 Å². The van der Waals surface area contributed by atoms with Crippen molar-refractivity contribution < 1.29 is 19.1 Å². The number of nitrogens with zero attached hydrogens (tertiary/aromatic N) is 1. The molecule has 1 fully saturated rings. The number of fused-ring (bicyclic) bond motifs is 1. The Morgan fingerprint density at radius 2 is 1.71 bits per heavy atom. The second kappa shape index (κ2) is 8.80. The maximum atomic E-state index is 14.9. The lowest BCUT2D eigenvalue weighted by molar-refractivity contribution is -0.139. The summed E-state index contributed by atoms with van der Waals surface area (Å²) in [7, 11) is 0. The van der Waals surface area contributed by atoms with Crippen LogP contribution in [0.5, 0.6) is 0 Å². The molecule has 0 saturated carbocycles. The number of benzene rings is 3. The second-order valence-corrected chi connectivity index (χ2v) is 8.57. The van der Waals surface area contributed by atoms with Crippen molar-refractivity contribution in [2.75, 3.05) is 6.54 Å². The van der Waals surface area contributed by atoms with Gasteiger partial charge in [0.2, 0.25) is 0 Å². The standard InChI is InChI=1S/C27H20ClFN2O3/c28-18-11-9-16(10-12-18)25(32)23-24(20-6-1-3-7-21(20)29)31(27(34)26(23)33)14-13-17-15-30-22-8-4-2-5-19(17)22/h1-12,15,24,30,32H,13-14H2/t24-/m1/s1. The molecule has 0 bridgehead atoms. The first-order chi connectivity index (χ1) is 16.5. The lowest BCUT2D eigenvalue weighted by atomic mass is 9.95. The first kappa shape index (κ1) is 21.9. The van der Waals surface area contributed by atoms with Crippen molar-refractivity contribution in [1.82, 2.24) is 9.88 Å². The minimum atomic E-state index is -1.05. The van der Waals surface area contributed by atoms with Crippen molar-refractivity contribution in [3.63, 3.8) is 0 Å². The molecule has 170 valence electrons. The zero-order valence-electron chi connectivity index (χ0n) is 18.0. The van der Waals surface area contributed by atoms with Crippen LogP contribution >= 0.6 is 11.6 Å². The van der Waals surface area contributed by atoms with E-state index in [1.165, 1.54) is 23.1 Å². The molecule has 1 aromatic heterocycles. The summed E-state index contributed by atoms with van der Waals surface area (Å²) in [4.78, 5) is 30.7. The topological polar surface area (TPSA) is 73.4 Å². The molecule has 5 rings (SSSR count). The van der Waals surface area contributed by atoms with E-state index in [2.05, 4.69) is 4.98 Å². The number of carbonyl (C=O) groups is 2. The number of para-hydroxylation sites is 1. The lowest BCUT2D eigenvalue weighted by Crippen LogP contribution is -2.32. The van der Waals surface area contributed by atoms with Crippen LogP contribution in [0.4, 0.5) is 4.39 Å². The maximum absolute atomic E-state index is 14.9. The van der Waals surface area contributed by atoms with Crippen LogP contribution in [0.2, 0.25) is 5.02 Å². The van der Waals surface area contributed by atoms with Gasteiger partial charge in [0, 0.05) is 39.8 Å². The molecule has 0 spiro atoms. The zero-order valence-corrected chi connectivity index (χ0v) is 18.7. The number of aliphatic hydroxyl groups is 1. The van der Waals surface area contributed by atoms with Gasteiger partial charge in [-0.05, 0) is 48.4 Å². The number of likely N-dealkylation sites (tertiary alicyclic amines) is 1. The number of ketones is 1. The Bertz CT molecular complexity index is 1440. The third-order valence-corrected chi connectivity index (χ3v) is 6.41. The number of nitrogens with one attached hydrogen (secondary N) is 1. The highest BCUT2D eigenvalue weighted by Crippen LogP contribution is 2.40. The summed E-state index contributed by atoms with van der Waals surface area (Å²) in [6.07, 6.45) is 2.32. The number of hydrogen-bond acceptors (Lipinski definition) is 3. The van der Waals surface area contributed by atoms with Gasteiger partial charge in [-0.2, -0.15) is 0 Å². The fourth-order valence-corrected chi connectivity index (χ4v) is 4.60. The van der Waals surface area contributed by atoms with Crippen LogP contribution in [0.3, 0.4) is 0 Å². The van der Waals surface area contributed by atoms with Gasteiger partial charge in [0.25, 0.3) is 11.7 Å². The van der Waals surface area contributed by atoms with E-state index in [0.29, 0.717) is 17.0 Å². The number of hydrogen-bond donors (Lipinski definition) is 2. The molecule has 0 unspecified atom stereocenters. The predicted octanol–water partition coefficient (Wildman–Crippen LogP) is 5.62. The first-order valence-electron chi connectivity index (χ1n) is 10.8. The fraction of sp³-hybridized carbons (Fsp3) is 0.111. The van der Waals surface area contributed by atoms with E-state index in [1.807, 2.05) is 30.5 Å². The van der Waals surface area contributed by atoms with E-state index in [4.69, 9.17) is 11.6 Å². The van der Waals surface area contributed by atoms with Gasteiger partial charge >= 0.3 is 0 Å². The molecule has 0 aliphatic carbocycles. The molecule has 1 amide bonds. The first-order valence-corrected chi connectivity index (χ1v) is 11.2. The van der Waals surface area contributed by atoms with Gasteiger partial charge in [0.1, 0.15) is 11.6 Å². The van der Waals surface area contributed by atoms with E-state index in [1.54, 1.807) is 30.3 Å². The Balaban J connectivity index is 1.58. The van der Waals surface area contributed by atoms with Crippen LogP contribution in [0, 0.1) is 5.82 Å². The van der Waals surface area contributed by atoms with Crippen molar-refractivity contribution in [2.45, 2.75) is 12.5 Å². The zero-order chi connectivity index (χ0) is 23.8. The average molecular weight is 475 g/mol. The number of H-pyrrole nitrogens is 1. The summed E-state index contributed by atoms with van der Waals surface area (Å²) in [5.74, 6) is -2.55. The van der Waals surface area contributed by atoms with Gasteiger partial charge in [0.05, 0.1) is 11.6 Å². The van der Waals surface area contributed by atoms with Gasteiger partial charge in [-0.25, -0.2) is 4.39 Å². The molecule has 2 heterocycles. The molecule has 1 aliphatic rings. The van der Waals surface area contributed by atoms with Gasteiger partial charge in [0.15, 0.2) is 0 Å². The van der Waals surface area contributed by atoms with Crippen LogP contribution in [0.25, 0.3) is 16.7 Å². The van der Waals surface area contributed by atoms with Crippen LogP contribution < -0.4 is 0 Å². The predicted molar refractivity (Wildman–Crippen MR) is 129 cm³/mol. The summed E-state index contributed by atoms with van der Waals surface area (Å²) in [6, 6.07) is 19.0. The molecule has 1 saturated heterocycles. The lowest BCUT2D eigenvalue weighted by Gasteiger charge is -2.25. The third-order valence-electron chi connectivity index (χ3n) is 6.15. The van der Waals surface area contributed by atoms with Gasteiger partial charge in [-0.15, -0.1) is 0 Å². The molecule has 1 aliphatic heterocycles. The number of Topliss-reactive ketones (excluding diaryl/α,β-unsaturated/α-hetero) is 1. The highest BCUT2D eigenvalue weighted by molar-refractivity contribution is 6.46. The van der Waals surface area contributed by atoms with Crippen molar-refractivity contribution >= 4 is 40.0 Å². The molecule has 4 aromatic rings. The Kier molecular flexibility index (Phi) is 5.67. The summed E-state index contributed by atoms with van der Waals surface area (Å²) < 4.78 is 14.9. The number of carbonyl (C=O) groups excluding carboxylic acids is 2. The number of aromatic nitrogens is 1. The average Bonchev–Trinajstić information content (AvgIpc) is 3.37. The summed E-state index contributed by atoms with van der Waals surface area (Å²) in [5.41, 5.74) is 2.27. The van der Waals surface area contributed by atoms with Gasteiger partial charge in [-0.1, -0.05) is 48.0 Å². The minimum Gasteiger partial charge on any atom is -0.507 e. The fourth-order valence-electron chi connectivity index (χ4n) is 4.47. The number of rotatable bonds is 5. The highest BCUT2D eigenvalue weighted by atomic mass is 35.5. The Hall–Kier alpha value is -3.90. The van der Waals surface area contributed by atoms with E-state index in [9.17, 15) is 19.1 Å². The normalized spacial score (nSPS) is 17.6. The number of aliphatic hydroxyl groups excluding tert-OH is 1. The smallest absolute Gasteiger partial charge is 0.295 e. The largest absolute Gasteiger partial charge is 0.507 e. The summed E-state index contributed by atoms with van der Waals surface area (Å²) in [6.45, 7) is 0.169. The Morgan fingerprint density at radius 3 is 2.47 bits per heavy atom. The molecular formula is C27H20ClFN2O3. The quantitative estimate of drug-likeness (QED) is 0.224. The van der Waals surface area contributed by atoms with Crippen LogP contribution in [-0.2, 0) is 16.0 Å². The molecule has 0 radical (unpaired) electrons. The van der Waals surface area contributed by atoms with E-state index >= 15 is 0 Å². The molecular weight excluding hydrogens is 455 g/mol. The highest BCUT2D eigenvalue weighted by Gasteiger charge is 2.46. The van der Waals surface area contributed by atoms with Gasteiger partial charge in [-0.3, -0.25) is 9.59 Å². The Labute approximate surface area is 200 Å². The molecule has 3 aromatic carbocycles. The molecule has 34 heavy (non-hydrogen) atoms. The minimum absolute atomic E-state index is 0.142. The van der Waals surface area contributed by atoms with Crippen molar-refractivity contribution in [3.05, 3.63) is 112 Å². The monoisotopic (exact) mass is 474 g/mol. The van der Waals surface area contributed by atoms with Crippen molar-refractivity contribution in [2.24, 2.45) is 0 Å². The molecule has 2 N–H and O–H groups in total. The number of amides is 1. The van der Waals surface area contributed by atoms with Crippen LogP contribution in [-0.4, -0.2) is 33.2 Å². The Morgan fingerprint density at radius 1 is 1.00 bits per heavy atom. The number of aromatic amines is 1. The molecule has 7 heteroatoms. The van der Waals surface area contributed by atoms with Crippen molar-refractivity contribution in [1.29, 1.82) is 0 Å². The second-order valence-electron chi connectivity index (χ2n) is 8.13. The molecule has 5 nitrogen and oxygen atoms in total. The van der Waals surface area contributed by atoms with Gasteiger partial charge < -0.3 is 15.0 Å². The summed E-state index contributed by atoms with van der Waals surface area (Å²) in [5, 5.41) is 12.5. The van der Waals surface area contributed by atoms with Crippen LogP contribution in [0.1, 0.15) is 22.7 Å². The third kappa shape index (κ3) is 3.76. The SMILES string of the molecule is O=C1C(=O)N(CCc2c[nH]c3ccccc23)[C@H](c2ccccc2F)C1=C(O)c1ccc(Cl)cc1. The van der Waals surface area contributed by atoms with E-state index in [-0.39, 0.29) is 23.4 Å². The van der Waals surface area contributed by atoms with Crippen LogP contribution in [0.15, 0.2) is 84.6 Å². The molecule has 1 atom stereocenters. The number of halogens is 2. The van der Waals surface area contributed by atoms with E-state index < -0.39 is 23.5 Å². The summed E-state index contributed by atoms with van der Waals surface area (Å²) >= 11 is 5.95. The maximum Gasteiger partial charge on any atom is 0.295 e.